The second kappa shape index (κ2) is 7.99. The van der Waals surface area contributed by atoms with Crippen LogP contribution in [0.1, 0.15) is 65.0 Å². The van der Waals surface area contributed by atoms with E-state index in [-0.39, 0.29) is 0 Å². The fraction of sp³-hybridized carbons (Fsp3) is 0.812. The molecule has 1 rings (SSSR count). The molecule has 0 fully saturated rings. The monoisotopic (exact) mass is 297 g/mol. The Morgan fingerprint density at radius 3 is 2.25 bits per heavy atom. The minimum atomic E-state index is 0.488. The number of nitrogens with one attached hydrogen (secondary N) is 1. The van der Waals surface area contributed by atoms with Gasteiger partial charge in [0.05, 0.1) is 5.69 Å². The Morgan fingerprint density at radius 1 is 1.15 bits per heavy atom. The van der Waals surface area contributed by atoms with Crippen molar-refractivity contribution < 1.29 is 0 Å². The highest BCUT2D eigenvalue weighted by Gasteiger charge is 2.18. The van der Waals surface area contributed by atoms with Crippen LogP contribution in [0.4, 0.5) is 5.13 Å². The third kappa shape index (κ3) is 4.74. The van der Waals surface area contributed by atoms with Gasteiger partial charge in [0.15, 0.2) is 5.13 Å². The van der Waals surface area contributed by atoms with E-state index in [4.69, 9.17) is 4.98 Å². The van der Waals surface area contributed by atoms with Crippen LogP contribution in [-0.4, -0.2) is 24.1 Å². The van der Waals surface area contributed by atoms with Crippen LogP contribution in [0, 0.1) is 5.92 Å². The molecule has 1 N–H and O–H groups in total. The number of anilines is 1. The zero-order valence-electron chi connectivity index (χ0n) is 14.2. The molecule has 116 valence electrons. The third-order valence-electron chi connectivity index (χ3n) is 3.31. The number of nitrogens with zero attached hydrogens (tertiary/aromatic N) is 2. The maximum atomic E-state index is 4.90. The van der Waals surface area contributed by atoms with Gasteiger partial charge in [-0.3, -0.25) is 0 Å². The number of thiazole rings is 1. The molecule has 0 atom stereocenters. The fourth-order valence-corrected chi connectivity index (χ4v) is 3.63. The number of rotatable bonds is 8. The van der Waals surface area contributed by atoms with Gasteiger partial charge in [0.1, 0.15) is 0 Å². The molecular formula is C16H31N3S. The van der Waals surface area contributed by atoms with Crippen LogP contribution in [0.5, 0.6) is 0 Å². The van der Waals surface area contributed by atoms with Crippen molar-refractivity contribution in [1.82, 2.24) is 10.3 Å². The molecule has 20 heavy (non-hydrogen) atoms. The molecule has 0 aliphatic rings. The van der Waals surface area contributed by atoms with Gasteiger partial charge in [-0.25, -0.2) is 4.98 Å². The molecule has 0 radical (unpaired) electrons. The smallest absolute Gasteiger partial charge is 0.186 e. The lowest BCUT2D eigenvalue weighted by molar-refractivity contribution is 0.552. The second-order valence-corrected chi connectivity index (χ2v) is 7.43. The second-order valence-electron chi connectivity index (χ2n) is 6.36. The number of hydrogen-bond donors (Lipinski definition) is 1. The normalized spacial score (nSPS) is 11.9. The highest BCUT2D eigenvalue weighted by molar-refractivity contribution is 7.15. The summed E-state index contributed by atoms with van der Waals surface area (Å²) in [6, 6.07) is 0.502. The molecule has 0 saturated carbocycles. The molecular weight excluding hydrogens is 266 g/mol. The minimum Gasteiger partial charge on any atom is -0.346 e. The van der Waals surface area contributed by atoms with Crippen LogP contribution in [0.15, 0.2) is 0 Å². The lowest BCUT2D eigenvalue weighted by Gasteiger charge is -2.24. The van der Waals surface area contributed by atoms with Crippen LogP contribution in [0.3, 0.4) is 0 Å². The summed E-state index contributed by atoms with van der Waals surface area (Å²) in [6.07, 6.45) is 0. The first kappa shape index (κ1) is 17.4. The molecule has 1 aromatic heterocycles. The summed E-state index contributed by atoms with van der Waals surface area (Å²) >= 11 is 1.85. The van der Waals surface area contributed by atoms with Crippen molar-refractivity contribution in [3.05, 3.63) is 10.6 Å². The molecule has 0 amide bonds. The lowest BCUT2D eigenvalue weighted by atomic mass is 10.1. The Balaban J connectivity index is 2.89. The first-order chi connectivity index (χ1) is 9.36. The van der Waals surface area contributed by atoms with Crippen LogP contribution < -0.4 is 10.2 Å². The molecule has 0 aromatic carbocycles. The molecule has 0 unspecified atom stereocenters. The van der Waals surface area contributed by atoms with E-state index in [1.54, 1.807) is 0 Å². The van der Waals surface area contributed by atoms with Crippen LogP contribution in [0.2, 0.25) is 0 Å². The van der Waals surface area contributed by atoms with Crippen molar-refractivity contribution >= 4 is 16.5 Å². The number of hydrogen-bond acceptors (Lipinski definition) is 4. The van der Waals surface area contributed by atoms with Crippen LogP contribution >= 0.6 is 11.3 Å². The Morgan fingerprint density at radius 2 is 1.80 bits per heavy atom. The average Bonchev–Trinajstić information content (AvgIpc) is 2.73. The average molecular weight is 298 g/mol. The minimum absolute atomic E-state index is 0.488. The van der Waals surface area contributed by atoms with Gasteiger partial charge in [0, 0.05) is 24.0 Å². The van der Waals surface area contributed by atoms with Gasteiger partial charge in [-0.1, -0.05) is 27.7 Å². The van der Waals surface area contributed by atoms with Gasteiger partial charge in [-0.2, -0.15) is 0 Å². The summed E-state index contributed by atoms with van der Waals surface area (Å²) in [5, 5.41) is 4.72. The maximum Gasteiger partial charge on any atom is 0.186 e. The highest BCUT2D eigenvalue weighted by atomic mass is 32.1. The standard InChI is InChI=1S/C16H31N3S/c1-8-19(13(6)7)16-18-15(12(4)5)14(20-16)10-17-9-11(2)3/h11-13,17H,8-10H2,1-7H3. The van der Waals surface area contributed by atoms with Gasteiger partial charge in [0.25, 0.3) is 0 Å². The van der Waals surface area contributed by atoms with Crippen molar-refractivity contribution in [2.45, 2.75) is 67.0 Å². The maximum absolute atomic E-state index is 4.90. The van der Waals surface area contributed by atoms with E-state index in [9.17, 15) is 0 Å². The predicted molar refractivity (Wildman–Crippen MR) is 90.9 cm³/mol. The molecule has 3 nitrogen and oxygen atoms in total. The van der Waals surface area contributed by atoms with Crippen molar-refractivity contribution in [1.29, 1.82) is 0 Å². The Labute approximate surface area is 128 Å². The van der Waals surface area contributed by atoms with Gasteiger partial charge in [-0.05, 0) is 39.2 Å². The Bertz CT molecular complexity index is 396. The van der Waals surface area contributed by atoms with Gasteiger partial charge >= 0.3 is 0 Å². The summed E-state index contributed by atoms with van der Waals surface area (Å²) in [4.78, 5) is 8.68. The van der Waals surface area contributed by atoms with Crippen molar-refractivity contribution in [3.63, 3.8) is 0 Å². The topological polar surface area (TPSA) is 28.2 Å². The van der Waals surface area contributed by atoms with E-state index >= 15 is 0 Å². The first-order valence-corrected chi connectivity index (χ1v) is 8.65. The van der Waals surface area contributed by atoms with Crippen molar-refractivity contribution in [2.24, 2.45) is 5.92 Å². The van der Waals surface area contributed by atoms with Crippen molar-refractivity contribution in [2.75, 3.05) is 18.0 Å². The summed E-state index contributed by atoms with van der Waals surface area (Å²) in [7, 11) is 0. The molecule has 1 aromatic rings. The van der Waals surface area contributed by atoms with E-state index < -0.39 is 0 Å². The highest BCUT2D eigenvalue weighted by Crippen LogP contribution is 2.31. The molecule has 4 heteroatoms. The summed E-state index contributed by atoms with van der Waals surface area (Å²) in [6.45, 7) is 18.6. The quantitative estimate of drug-likeness (QED) is 0.777. The zero-order valence-corrected chi connectivity index (χ0v) is 15.0. The third-order valence-corrected chi connectivity index (χ3v) is 4.42. The molecule has 1 heterocycles. The fourth-order valence-electron chi connectivity index (χ4n) is 2.25. The lowest BCUT2D eigenvalue weighted by Crippen LogP contribution is -2.30. The molecule has 0 bridgehead atoms. The van der Waals surface area contributed by atoms with E-state index in [2.05, 4.69) is 58.7 Å². The van der Waals surface area contributed by atoms with Gasteiger partial charge in [0.2, 0.25) is 0 Å². The van der Waals surface area contributed by atoms with E-state index in [0.717, 1.165) is 19.6 Å². The molecule has 0 aliphatic carbocycles. The van der Waals surface area contributed by atoms with E-state index in [1.165, 1.54) is 15.7 Å². The molecule has 0 spiro atoms. The zero-order chi connectivity index (χ0) is 15.3. The molecule has 0 saturated heterocycles. The van der Waals surface area contributed by atoms with Crippen LogP contribution in [0.25, 0.3) is 0 Å². The number of aromatic nitrogens is 1. The summed E-state index contributed by atoms with van der Waals surface area (Å²) < 4.78 is 0. The van der Waals surface area contributed by atoms with Crippen molar-refractivity contribution in [3.8, 4) is 0 Å². The van der Waals surface area contributed by atoms with Crippen LogP contribution in [-0.2, 0) is 6.54 Å². The molecule has 0 aliphatic heterocycles. The Kier molecular flexibility index (Phi) is 6.96. The SMILES string of the molecule is CCN(c1nc(C(C)C)c(CNCC(C)C)s1)C(C)C. The predicted octanol–water partition coefficient (Wildman–Crippen LogP) is 4.25. The van der Waals surface area contributed by atoms with E-state index in [1.807, 2.05) is 11.3 Å². The van der Waals surface area contributed by atoms with Gasteiger partial charge in [-0.15, -0.1) is 11.3 Å². The first-order valence-electron chi connectivity index (χ1n) is 7.83. The summed E-state index contributed by atoms with van der Waals surface area (Å²) in [5.41, 5.74) is 1.26. The summed E-state index contributed by atoms with van der Waals surface area (Å²) in [5.74, 6) is 1.18. The van der Waals surface area contributed by atoms with Gasteiger partial charge < -0.3 is 10.2 Å². The largest absolute Gasteiger partial charge is 0.346 e. The Hall–Kier alpha value is -0.610. The van der Waals surface area contributed by atoms with E-state index in [0.29, 0.717) is 17.9 Å².